The van der Waals surface area contributed by atoms with Gasteiger partial charge in [0, 0.05) is 23.2 Å². The van der Waals surface area contributed by atoms with Gasteiger partial charge in [0.05, 0.1) is 22.9 Å². The van der Waals surface area contributed by atoms with Crippen LogP contribution in [0.2, 0.25) is 0 Å². The Kier molecular flexibility index (Phi) is 3.30. The van der Waals surface area contributed by atoms with Crippen molar-refractivity contribution < 1.29 is 4.39 Å². The van der Waals surface area contributed by atoms with Crippen molar-refractivity contribution in [3.05, 3.63) is 71.6 Å². The topological polar surface area (TPSA) is 88.3 Å². The number of hydrogen-bond acceptors (Lipinski definition) is 3. The third-order valence-corrected chi connectivity index (χ3v) is 4.74. The lowest BCUT2D eigenvalue weighted by molar-refractivity contribution is 0.629. The van der Waals surface area contributed by atoms with Gasteiger partial charge in [-0.3, -0.25) is 0 Å². The number of halogens is 1. The number of aromatic nitrogens is 5. The van der Waals surface area contributed by atoms with Gasteiger partial charge >= 0.3 is 0 Å². The Bertz CT molecular complexity index is 1290. The van der Waals surface area contributed by atoms with Crippen molar-refractivity contribution in [3.63, 3.8) is 0 Å². The maximum Gasteiger partial charge on any atom is 0.130 e. The molecule has 0 aliphatic carbocycles. The Morgan fingerprint density at radius 3 is 2.85 bits per heavy atom. The first-order chi connectivity index (χ1) is 13.1. The zero-order valence-electron chi connectivity index (χ0n) is 14.6. The number of aryl methyl sites for hydroxylation is 1. The number of nitrogens with zero attached hydrogens (tertiary/aromatic N) is 3. The summed E-state index contributed by atoms with van der Waals surface area (Å²) in [7, 11) is 0. The summed E-state index contributed by atoms with van der Waals surface area (Å²) in [6.07, 6.45) is 2.36. The average molecular weight is 360 g/mol. The molecule has 6 nitrogen and oxygen atoms in total. The minimum atomic E-state index is -0.257. The monoisotopic (exact) mass is 360 g/mol. The lowest BCUT2D eigenvalue weighted by Crippen LogP contribution is -2.03. The summed E-state index contributed by atoms with van der Waals surface area (Å²) in [4.78, 5) is 10.9. The standard InChI is InChI=1S/C20H17FN6/c1-11-24-17-5-4-16(9-19(17)25-11)27-20(22)13(10-23-27)7-15-6-12-2-3-14(21)8-18(12)26-15/h2-6,8-10,26H,7,22H2,1H3,(H,24,25). The Labute approximate surface area is 153 Å². The van der Waals surface area contributed by atoms with Crippen LogP contribution in [-0.2, 0) is 6.42 Å². The van der Waals surface area contributed by atoms with E-state index in [2.05, 4.69) is 20.1 Å². The van der Waals surface area contributed by atoms with E-state index in [1.165, 1.54) is 12.1 Å². The van der Waals surface area contributed by atoms with Crippen molar-refractivity contribution in [2.75, 3.05) is 5.73 Å². The number of aromatic amines is 2. The minimum Gasteiger partial charge on any atom is -0.383 e. The van der Waals surface area contributed by atoms with E-state index in [9.17, 15) is 4.39 Å². The Hall–Kier alpha value is -3.61. The van der Waals surface area contributed by atoms with Gasteiger partial charge in [-0.05, 0) is 54.8 Å². The largest absolute Gasteiger partial charge is 0.383 e. The molecular weight excluding hydrogens is 343 g/mol. The van der Waals surface area contributed by atoms with Crippen molar-refractivity contribution in [1.29, 1.82) is 0 Å². The molecule has 3 aromatic heterocycles. The highest BCUT2D eigenvalue weighted by Crippen LogP contribution is 2.24. The van der Waals surface area contributed by atoms with Gasteiger partial charge in [0.25, 0.3) is 0 Å². The first-order valence-corrected chi connectivity index (χ1v) is 8.63. The van der Waals surface area contributed by atoms with Crippen molar-refractivity contribution in [2.45, 2.75) is 13.3 Å². The lowest BCUT2D eigenvalue weighted by atomic mass is 10.1. The molecule has 0 aliphatic heterocycles. The lowest BCUT2D eigenvalue weighted by Gasteiger charge is -2.05. The molecule has 2 aromatic carbocycles. The van der Waals surface area contributed by atoms with Crippen LogP contribution < -0.4 is 5.73 Å². The van der Waals surface area contributed by atoms with Crippen molar-refractivity contribution in [2.24, 2.45) is 0 Å². The van der Waals surface area contributed by atoms with Crippen molar-refractivity contribution >= 4 is 27.8 Å². The van der Waals surface area contributed by atoms with Crippen molar-refractivity contribution in [3.8, 4) is 5.69 Å². The molecule has 3 heterocycles. The van der Waals surface area contributed by atoms with Crippen LogP contribution in [0.15, 0.2) is 48.7 Å². The molecule has 0 spiro atoms. The molecule has 0 saturated heterocycles. The third kappa shape index (κ3) is 2.64. The summed E-state index contributed by atoms with van der Waals surface area (Å²) in [5.74, 6) is 1.19. The Morgan fingerprint density at radius 1 is 1.07 bits per heavy atom. The molecule has 0 unspecified atom stereocenters. The van der Waals surface area contributed by atoms with E-state index in [1.54, 1.807) is 16.9 Å². The molecule has 0 fully saturated rings. The molecule has 0 radical (unpaired) electrons. The average Bonchev–Trinajstić information content (AvgIpc) is 3.30. The SMILES string of the molecule is Cc1nc2ccc(-n3ncc(Cc4cc5ccc(F)cc5[nH]4)c3N)cc2[nH]1. The van der Waals surface area contributed by atoms with Crippen LogP contribution in [0.3, 0.4) is 0 Å². The summed E-state index contributed by atoms with van der Waals surface area (Å²) in [5.41, 5.74) is 11.7. The van der Waals surface area contributed by atoms with E-state index < -0.39 is 0 Å². The summed E-state index contributed by atoms with van der Waals surface area (Å²) < 4.78 is 15.1. The Balaban J connectivity index is 1.49. The van der Waals surface area contributed by atoms with E-state index >= 15 is 0 Å². The number of nitrogens with one attached hydrogen (secondary N) is 2. The highest BCUT2D eigenvalue weighted by molar-refractivity contribution is 5.80. The summed E-state index contributed by atoms with van der Waals surface area (Å²) in [6.45, 7) is 1.92. The first-order valence-electron chi connectivity index (χ1n) is 8.63. The van der Waals surface area contributed by atoms with E-state index in [1.807, 2.05) is 31.2 Å². The quantitative estimate of drug-likeness (QED) is 0.457. The highest BCUT2D eigenvalue weighted by Gasteiger charge is 2.12. The maximum atomic E-state index is 13.4. The molecular formula is C20H17FN6. The van der Waals surface area contributed by atoms with Crippen molar-refractivity contribution in [1.82, 2.24) is 24.7 Å². The number of anilines is 1. The molecule has 0 amide bonds. The number of rotatable bonds is 3. The fraction of sp³-hybridized carbons (Fsp3) is 0.100. The number of hydrogen-bond donors (Lipinski definition) is 3. The molecule has 5 rings (SSSR count). The van der Waals surface area contributed by atoms with E-state index in [-0.39, 0.29) is 5.82 Å². The summed E-state index contributed by atoms with van der Waals surface area (Å²) >= 11 is 0. The number of benzene rings is 2. The fourth-order valence-electron chi connectivity index (χ4n) is 3.45. The summed E-state index contributed by atoms with van der Waals surface area (Å²) in [6, 6.07) is 12.6. The Morgan fingerprint density at radius 2 is 1.96 bits per heavy atom. The van der Waals surface area contributed by atoms with Crippen LogP contribution in [0.25, 0.3) is 27.6 Å². The van der Waals surface area contributed by atoms with Gasteiger partial charge in [-0.25, -0.2) is 14.1 Å². The highest BCUT2D eigenvalue weighted by atomic mass is 19.1. The van der Waals surface area contributed by atoms with Crippen LogP contribution in [-0.4, -0.2) is 24.7 Å². The molecule has 27 heavy (non-hydrogen) atoms. The predicted molar refractivity (Wildman–Crippen MR) is 103 cm³/mol. The van der Waals surface area contributed by atoms with Gasteiger partial charge in [0.15, 0.2) is 0 Å². The number of imidazole rings is 1. The third-order valence-electron chi connectivity index (χ3n) is 4.74. The molecule has 5 aromatic rings. The molecule has 134 valence electrons. The predicted octanol–water partition coefficient (Wildman–Crippen LogP) is 3.85. The van der Waals surface area contributed by atoms with Gasteiger partial charge in [-0.15, -0.1) is 0 Å². The molecule has 0 saturated carbocycles. The molecule has 7 heteroatoms. The van der Waals surface area contributed by atoms with E-state index in [0.29, 0.717) is 12.2 Å². The summed E-state index contributed by atoms with van der Waals surface area (Å²) in [5, 5.41) is 5.42. The smallest absolute Gasteiger partial charge is 0.130 e. The second-order valence-electron chi connectivity index (χ2n) is 6.69. The normalized spacial score (nSPS) is 11.6. The number of H-pyrrole nitrogens is 2. The van der Waals surface area contributed by atoms with Gasteiger partial charge in [0.2, 0.25) is 0 Å². The zero-order valence-corrected chi connectivity index (χ0v) is 14.6. The van der Waals surface area contributed by atoms with Crippen LogP contribution in [0.5, 0.6) is 0 Å². The zero-order chi connectivity index (χ0) is 18.5. The van der Waals surface area contributed by atoms with Crippen LogP contribution in [0.1, 0.15) is 17.1 Å². The van der Waals surface area contributed by atoms with Gasteiger partial charge in [-0.2, -0.15) is 5.10 Å². The van der Waals surface area contributed by atoms with Crippen LogP contribution in [0, 0.1) is 12.7 Å². The van der Waals surface area contributed by atoms with Crippen LogP contribution >= 0.6 is 0 Å². The van der Waals surface area contributed by atoms with E-state index in [4.69, 9.17) is 5.73 Å². The number of nitrogen functional groups attached to an aromatic ring is 1. The number of nitrogens with two attached hydrogens (primary N) is 1. The fourth-order valence-corrected chi connectivity index (χ4v) is 3.45. The molecule has 0 aliphatic rings. The molecule has 0 atom stereocenters. The van der Waals surface area contributed by atoms with Gasteiger partial charge < -0.3 is 15.7 Å². The first kappa shape index (κ1) is 15.6. The molecule has 0 bridgehead atoms. The second-order valence-corrected chi connectivity index (χ2v) is 6.69. The maximum absolute atomic E-state index is 13.4. The minimum absolute atomic E-state index is 0.257. The van der Waals surface area contributed by atoms with Gasteiger partial charge in [-0.1, -0.05) is 0 Å². The van der Waals surface area contributed by atoms with Crippen LogP contribution in [0.4, 0.5) is 10.2 Å². The van der Waals surface area contributed by atoms with Gasteiger partial charge in [0.1, 0.15) is 17.5 Å². The van der Waals surface area contributed by atoms with E-state index in [0.717, 1.165) is 44.7 Å². The number of fused-ring (bicyclic) bond motifs is 2. The second kappa shape index (κ2) is 5.70. The molecule has 4 N–H and O–H groups in total.